The first-order chi connectivity index (χ1) is 14.0. The molecule has 0 aliphatic carbocycles. The van der Waals surface area contributed by atoms with Crippen molar-refractivity contribution in [3.63, 3.8) is 0 Å². The average Bonchev–Trinajstić information content (AvgIpc) is 3.29. The van der Waals surface area contributed by atoms with Gasteiger partial charge in [0.1, 0.15) is 0 Å². The fraction of sp³-hybridized carbons (Fsp3) is 0.773. The van der Waals surface area contributed by atoms with Crippen LogP contribution in [0.1, 0.15) is 71.1 Å². The van der Waals surface area contributed by atoms with Crippen molar-refractivity contribution in [1.82, 2.24) is 10.6 Å². The molecule has 0 aromatic rings. The number of aliphatic carboxylic acids is 1. The number of hydrogen-bond acceptors (Lipinski definition) is 4. The second-order valence-electron chi connectivity index (χ2n) is 8.12. The van der Waals surface area contributed by atoms with Crippen LogP contribution >= 0.6 is 11.8 Å². The molecule has 2 amide bonds. The van der Waals surface area contributed by atoms with Gasteiger partial charge < -0.3 is 15.7 Å². The molecule has 2 aliphatic rings. The Hall–Kier alpha value is -1.50. The second-order valence-corrected chi connectivity index (χ2v) is 9.60. The smallest absolute Gasteiger partial charge is 0.303 e. The highest BCUT2D eigenvalue weighted by Crippen LogP contribution is 2.54. The van der Waals surface area contributed by atoms with E-state index in [1.165, 1.54) is 12.8 Å². The minimum atomic E-state index is -0.737. The van der Waals surface area contributed by atoms with Crippen LogP contribution in [-0.2, 0) is 14.4 Å². The van der Waals surface area contributed by atoms with Crippen LogP contribution in [0.2, 0.25) is 0 Å². The predicted octanol–water partition coefficient (Wildman–Crippen LogP) is 3.51. The van der Waals surface area contributed by atoms with Crippen LogP contribution in [0.3, 0.4) is 0 Å². The fourth-order valence-corrected chi connectivity index (χ4v) is 6.29. The lowest BCUT2D eigenvalue weighted by Crippen LogP contribution is -2.39. The Kier molecular flexibility index (Phi) is 10.6. The third kappa shape index (κ3) is 8.41. The van der Waals surface area contributed by atoms with Gasteiger partial charge in [-0.15, -0.1) is 0 Å². The normalized spacial score (nSPS) is 25.4. The molecule has 29 heavy (non-hydrogen) atoms. The quantitative estimate of drug-likeness (QED) is 0.293. The van der Waals surface area contributed by atoms with Crippen LogP contribution in [-0.4, -0.2) is 46.5 Å². The lowest BCUT2D eigenvalue weighted by atomic mass is 9.77. The third-order valence-corrected chi connectivity index (χ3v) is 7.76. The highest BCUT2D eigenvalue weighted by Gasteiger charge is 2.47. The van der Waals surface area contributed by atoms with E-state index < -0.39 is 5.97 Å². The first-order valence-electron chi connectivity index (χ1n) is 11.1. The van der Waals surface area contributed by atoms with Crippen LogP contribution in [0, 0.1) is 11.8 Å². The summed E-state index contributed by atoms with van der Waals surface area (Å²) < 4.78 is 0. The first-order valence-corrected chi connectivity index (χ1v) is 12.0. The monoisotopic (exact) mass is 424 g/mol. The molecule has 2 bridgehead atoms. The number of carboxylic acids is 1. The van der Waals surface area contributed by atoms with Gasteiger partial charge in [-0.25, -0.2) is 0 Å². The van der Waals surface area contributed by atoms with Crippen molar-refractivity contribution in [2.24, 2.45) is 11.8 Å². The zero-order valence-electron chi connectivity index (χ0n) is 17.5. The Labute approximate surface area is 178 Å². The highest BCUT2D eigenvalue weighted by molar-refractivity contribution is 8.01. The molecule has 0 radical (unpaired) electrons. The number of rotatable bonds is 14. The molecule has 6 nitrogen and oxygen atoms in total. The van der Waals surface area contributed by atoms with Gasteiger partial charge in [0.2, 0.25) is 11.8 Å². The Morgan fingerprint density at radius 3 is 2.41 bits per heavy atom. The number of carbonyl (C=O) groups is 3. The van der Waals surface area contributed by atoms with Gasteiger partial charge in [-0.05, 0) is 50.4 Å². The molecule has 2 rings (SSSR count). The molecule has 164 valence electrons. The summed E-state index contributed by atoms with van der Waals surface area (Å²) >= 11 is 2.08. The number of hydrogen-bond donors (Lipinski definition) is 3. The molecule has 4 atom stereocenters. The molecule has 0 saturated carbocycles. The molecule has 2 saturated heterocycles. The van der Waals surface area contributed by atoms with E-state index in [4.69, 9.17) is 5.11 Å². The van der Waals surface area contributed by atoms with E-state index in [1.807, 2.05) is 0 Å². The average molecular weight is 425 g/mol. The lowest BCUT2D eigenvalue weighted by molar-refractivity contribution is -0.137. The summed E-state index contributed by atoms with van der Waals surface area (Å²) in [5.41, 5.74) is 0. The standard InChI is InChI=1S/C22H36N2O4S/c1-2-3-9-20(25)23-14-13-21(26)24-15-17-16(18-11-12-19(17)29-18)8-6-4-5-7-10-22(27)28/h4,6,16-19H,2-3,5,7-15H2,1H3,(H,23,25)(H,24,26)(H,27,28)/b6-4-/t16-,17+,18-,19+/m1/s1. The van der Waals surface area contributed by atoms with Crippen LogP contribution in [0.25, 0.3) is 0 Å². The minimum Gasteiger partial charge on any atom is -0.481 e. The lowest BCUT2D eigenvalue weighted by Gasteiger charge is -2.29. The van der Waals surface area contributed by atoms with Gasteiger partial charge in [0, 0.05) is 42.9 Å². The van der Waals surface area contributed by atoms with Crippen molar-refractivity contribution < 1.29 is 19.5 Å². The largest absolute Gasteiger partial charge is 0.481 e. The molecule has 0 aromatic carbocycles. The van der Waals surface area contributed by atoms with Crippen LogP contribution in [0.15, 0.2) is 12.2 Å². The third-order valence-electron chi connectivity index (χ3n) is 5.89. The van der Waals surface area contributed by atoms with Crippen LogP contribution in [0.5, 0.6) is 0 Å². The Morgan fingerprint density at radius 1 is 0.966 bits per heavy atom. The zero-order chi connectivity index (χ0) is 21.1. The SMILES string of the molecule is CCCCC(=O)NCCC(=O)NC[C@H]1[C@@H](C/C=C\CCCC(=O)O)[C@H]2CC[C@@H]1S2. The molecule has 0 unspecified atom stereocenters. The number of unbranched alkanes of at least 4 members (excludes halogenated alkanes) is 2. The van der Waals surface area contributed by atoms with Gasteiger partial charge in [0.05, 0.1) is 0 Å². The number of nitrogens with one attached hydrogen (secondary N) is 2. The van der Waals surface area contributed by atoms with E-state index in [2.05, 4.69) is 41.5 Å². The topological polar surface area (TPSA) is 95.5 Å². The number of thioether (sulfide) groups is 1. The number of allylic oxidation sites excluding steroid dienone is 2. The van der Waals surface area contributed by atoms with Crippen molar-refractivity contribution in [3.05, 3.63) is 12.2 Å². The molecule has 0 spiro atoms. The minimum absolute atomic E-state index is 0.0107. The first kappa shape index (κ1) is 23.8. The Morgan fingerprint density at radius 2 is 1.69 bits per heavy atom. The number of carboxylic acid groups (broad SMARTS) is 1. The molecule has 2 heterocycles. The van der Waals surface area contributed by atoms with E-state index in [9.17, 15) is 14.4 Å². The highest BCUT2D eigenvalue weighted by atomic mass is 32.2. The maximum absolute atomic E-state index is 12.2. The van der Waals surface area contributed by atoms with E-state index >= 15 is 0 Å². The number of carbonyl (C=O) groups excluding carboxylic acids is 2. The van der Waals surface area contributed by atoms with Gasteiger partial charge in [0.15, 0.2) is 0 Å². The van der Waals surface area contributed by atoms with E-state index in [-0.39, 0.29) is 18.2 Å². The van der Waals surface area contributed by atoms with Gasteiger partial charge in [-0.1, -0.05) is 25.5 Å². The van der Waals surface area contributed by atoms with Gasteiger partial charge in [0.25, 0.3) is 0 Å². The zero-order valence-corrected chi connectivity index (χ0v) is 18.3. The fourth-order valence-electron chi connectivity index (χ4n) is 4.28. The second kappa shape index (κ2) is 12.9. The van der Waals surface area contributed by atoms with Crippen molar-refractivity contribution in [2.75, 3.05) is 13.1 Å². The summed E-state index contributed by atoms with van der Waals surface area (Å²) in [5.74, 6) is 0.393. The van der Waals surface area contributed by atoms with Crippen LogP contribution in [0.4, 0.5) is 0 Å². The van der Waals surface area contributed by atoms with Gasteiger partial charge in [-0.2, -0.15) is 11.8 Å². The summed E-state index contributed by atoms with van der Waals surface area (Å²) in [7, 11) is 0. The maximum atomic E-state index is 12.2. The predicted molar refractivity (Wildman–Crippen MR) is 117 cm³/mol. The van der Waals surface area contributed by atoms with Crippen molar-refractivity contribution >= 4 is 29.5 Å². The molecule has 3 N–H and O–H groups in total. The summed E-state index contributed by atoms with van der Waals surface area (Å²) in [6.07, 6.45) is 12.3. The van der Waals surface area contributed by atoms with Crippen molar-refractivity contribution in [3.8, 4) is 0 Å². The number of amides is 2. The van der Waals surface area contributed by atoms with Crippen LogP contribution < -0.4 is 10.6 Å². The summed E-state index contributed by atoms with van der Waals surface area (Å²) in [5, 5.41) is 15.9. The molecular formula is C22H36N2O4S. The Balaban J connectivity index is 1.67. The van der Waals surface area contributed by atoms with E-state index in [1.54, 1.807) is 0 Å². The summed E-state index contributed by atoms with van der Waals surface area (Å²) in [4.78, 5) is 34.3. The molecule has 2 aliphatic heterocycles. The van der Waals surface area contributed by atoms with E-state index in [0.717, 1.165) is 25.7 Å². The molecule has 7 heteroatoms. The maximum Gasteiger partial charge on any atom is 0.303 e. The number of fused-ring (bicyclic) bond motifs is 2. The summed E-state index contributed by atoms with van der Waals surface area (Å²) in [6.45, 7) is 3.17. The van der Waals surface area contributed by atoms with Crippen molar-refractivity contribution in [2.45, 2.75) is 81.6 Å². The van der Waals surface area contributed by atoms with E-state index in [0.29, 0.717) is 54.7 Å². The van der Waals surface area contributed by atoms with Gasteiger partial charge in [-0.3, -0.25) is 14.4 Å². The van der Waals surface area contributed by atoms with Gasteiger partial charge >= 0.3 is 5.97 Å². The Bertz CT molecular complexity index is 581. The summed E-state index contributed by atoms with van der Waals surface area (Å²) in [6, 6.07) is 0. The molecule has 2 fully saturated rings. The molecular weight excluding hydrogens is 388 g/mol. The van der Waals surface area contributed by atoms with Crippen molar-refractivity contribution in [1.29, 1.82) is 0 Å². The molecule has 0 aromatic heterocycles.